The van der Waals surface area contributed by atoms with Crippen molar-refractivity contribution in [3.8, 4) is 0 Å². The van der Waals surface area contributed by atoms with Crippen molar-refractivity contribution < 1.29 is 9.53 Å². The summed E-state index contributed by atoms with van der Waals surface area (Å²) in [4.78, 5) is 11.5. The third-order valence-electron chi connectivity index (χ3n) is 3.18. The molecule has 21 heavy (non-hydrogen) atoms. The SMILES string of the molecule is CCc1ccccc1Nc1nnc(S[C@H]2CCOC2=O)s1. The number of benzene rings is 1. The van der Waals surface area contributed by atoms with E-state index in [9.17, 15) is 4.79 Å². The lowest BCUT2D eigenvalue weighted by molar-refractivity contribution is -0.137. The minimum Gasteiger partial charge on any atom is -0.465 e. The Balaban J connectivity index is 1.69. The van der Waals surface area contributed by atoms with Gasteiger partial charge in [0.15, 0.2) is 4.34 Å². The molecule has 1 N–H and O–H groups in total. The number of nitrogens with zero attached hydrogens (tertiary/aromatic N) is 2. The molecule has 0 amide bonds. The third-order valence-corrected chi connectivity index (χ3v) is 5.34. The largest absolute Gasteiger partial charge is 0.465 e. The first-order valence-corrected chi connectivity index (χ1v) is 8.47. The Morgan fingerprint density at radius 1 is 1.43 bits per heavy atom. The second kappa shape index (κ2) is 6.44. The second-order valence-corrected chi connectivity index (χ2v) is 7.00. The van der Waals surface area contributed by atoms with Crippen LogP contribution in [0.15, 0.2) is 28.6 Å². The molecule has 2 heterocycles. The predicted molar refractivity (Wildman–Crippen MR) is 84.2 cm³/mol. The molecule has 1 fully saturated rings. The number of aromatic nitrogens is 2. The Kier molecular flexibility index (Phi) is 4.40. The van der Waals surface area contributed by atoms with Gasteiger partial charge in [0, 0.05) is 12.1 Å². The smallest absolute Gasteiger partial charge is 0.319 e. The van der Waals surface area contributed by atoms with Gasteiger partial charge in [-0.1, -0.05) is 48.2 Å². The molecular formula is C14H15N3O2S2. The molecule has 0 radical (unpaired) electrons. The number of hydrogen-bond acceptors (Lipinski definition) is 7. The van der Waals surface area contributed by atoms with Gasteiger partial charge in [-0.2, -0.15) is 0 Å². The van der Waals surface area contributed by atoms with Gasteiger partial charge in [-0.05, 0) is 18.1 Å². The zero-order valence-corrected chi connectivity index (χ0v) is 13.2. The number of anilines is 2. The van der Waals surface area contributed by atoms with Crippen LogP contribution in [0.4, 0.5) is 10.8 Å². The van der Waals surface area contributed by atoms with Crippen LogP contribution in [0.5, 0.6) is 0 Å². The van der Waals surface area contributed by atoms with E-state index in [1.807, 2.05) is 18.2 Å². The van der Waals surface area contributed by atoms with Crippen LogP contribution in [0.2, 0.25) is 0 Å². The topological polar surface area (TPSA) is 64.1 Å². The van der Waals surface area contributed by atoms with E-state index >= 15 is 0 Å². The minimum atomic E-state index is -0.152. The van der Waals surface area contributed by atoms with Crippen LogP contribution in [-0.2, 0) is 16.0 Å². The first-order chi connectivity index (χ1) is 10.3. The van der Waals surface area contributed by atoms with Crippen molar-refractivity contribution in [2.45, 2.75) is 29.4 Å². The maximum absolute atomic E-state index is 11.5. The van der Waals surface area contributed by atoms with Crippen molar-refractivity contribution >= 4 is 39.9 Å². The van der Waals surface area contributed by atoms with Gasteiger partial charge in [-0.15, -0.1) is 10.2 Å². The fourth-order valence-electron chi connectivity index (χ4n) is 2.08. The summed E-state index contributed by atoms with van der Waals surface area (Å²) in [6, 6.07) is 8.14. The molecule has 1 aliphatic rings. The molecule has 1 aromatic heterocycles. The summed E-state index contributed by atoms with van der Waals surface area (Å²) in [7, 11) is 0. The number of aryl methyl sites for hydroxylation is 1. The summed E-state index contributed by atoms with van der Waals surface area (Å²) in [6.45, 7) is 2.62. The molecule has 7 heteroatoms. The fourth-order valence-corrected chi connectivity index (χ4v) is 4.06. The van der Waals surface area contributed by atoms with Crippen LogP contribution in [0.1, 0.15) is 18.9 Å². The molecule has 0 aliphatic carbocycles. The van der Waals surface area contributed by atoms with E-state index < -0.39 is 0 Å². The van der Waals surface area contributed by atoms with Crippen molar-refractivity contribution in [3.63, 3.8) is 0 Å². The van der Waals surface area contributed by atoms with Gasteiger partial charge in [0.25, 0.3) is 0 Å². The Labute approximate surface area is 131 Å². The molecule has 2 aromatic rings. The number of para-hydroxylation sites is 1. The molecule has 0 saturated carbocycles. The van der Waals surface area contributed by atoms with E-state index in [0.717, 1.165) is 28.0 Å². The number of cyclic esters (lactones) is 1. The number of rotatable bonds is 5. The highest BCUT2D eigenvalue weighted by molar-refractivity contribution is 8.02. The lowest BCUT2D eigenvalue weighted by Gasteiger charge is -2.07. The van der Waals surface area contributed by atoms with Gasteiger partial charge in [-0.25, -0.2) is 0 Å². The maximum Gasteiger partial charge on any atom is 0.319 e. The lowest BCUT2D eigenvalue weighted by Crippen LogP contribution is -2.08. The standard InChI is InChI=1S/C14H15N3O2S2/c1-2-9-5-3-4-6-10(9)15-13-16-17-14(21-13)20-11-7-8-19-12(11)18/h3-6,11H,2,7-8H2,1H3,(H,15,16)/t11-/m0/s1. The third kappa shape index (κ3) is 3.36. The first-order valence-electron chi connectivity index (χ1n) is 6.78. The summed E-state index contributed by atoms with van der Waals surface area (Å²) in [6.07, 6.45) is 1.70. The Morgan fingerprint density at radius 2 is 2.29 bits per heavy atom. The van der Waals surface area contributed by atoms with Gasteiger partial charge in [0.2, 0.25) is 5.13 Å². The second-order valence-electron chi connectivity index (χ2n) is 4.57. The lowest BCUT2D eigenvalue weighted by atomic mass is 10.1. The monoisotopic (exact) mass is 321 g/mol. The van der Waals surface area contributed by atoms with Crippen LogP contribution < -0.4 is 5.32 Å². The van der Waals surface area contributed by atoms with Crippen LogP contribution in [0.25, 0.3) is 0 Å². The quantitative estimate of drug-likeness (QED) is 0.853. The highest BCUT2D eigenvalue weighted by Crippen LogP contribution is 2.34. The van der Waals surface area contributed by atoms with E-state index in [4.69, 9.17) is 4.74 Å². The number of hydrogen-bond donors (Lipinski definition) is 1. The van der Waals surface area contributed by atoms with E-state index in [0.29, 0.717) is 6.61 Å². The molecule has 1 aromatic carbocycles. The molecule has 5 nitrogen and oxygen atoms in total. The number of carbonyl (C=O) groups excluding carboxylic acids is 1. The predicted octanol–water partition coefficient (Wildman–Crippen LogP) is 3.25. The summed E-state index contributed by atoms with van der Waals surface area (Å²) >= 11 is 2.89. The highest BCUT2D eigenvalue weighted by atomic mass is 32.2. The molecule has 0 spiro atoms. The van der Waals surface area contributed by atoms with Gasteiger partial charge in [0.1, 0.15) is 5.25 Å². The average molecular weight is 321 g/mol. The van der Waals surface area contributed by atoms with E-state index in [1.54, 1.807) is 0 Å². The maximum atomic E-state index is 11.5. The Bertz CT molecular complexity index is 645. The zero-order valence-electron chi connectivity index (χ0n) is 11.5. The minimum absolute atomic E-state index is 0.145. The van der Waals surface area contributed by atoms with Crippen LogP contribution in [-0.4, -0.2) is 28.0 Å². The molecule has 0 unspecified atom stereocenters. The van der Waals surface area contributed by atoms with Gasteiger partial charge < -0.3 is 10.1 Å². The van der Waals surface area contributed by atoms with Crippen LogP contribution >= 0.6 is 23.1 Å². The molecule has 3 rings (SSSR count). The van der Waals surface area contributed by atoms with Gasteiger partial charge in [-0.3, -0.25) is 4.79 Å². The highest BCUT2D eigenvalue weighted by Gasteiger charge is 2.28. The van der Waals surface area contributed by atoms with Gasteiger partial charge >= 0.3 is 5.97 Å². The average Bonchev–Trinajstić information content (AvgIpc) is 3.10. The van der Waals surface area contributed by atoms with E-state index in [1.165, 1.54) is 28.7 Å². The summed E-state index contributed by atoms with van der Waals surface area (Å²) < 4.78 is 5.74. The summed E-state index contributed by atoms with van der Waals surface area (Å²) in [5.74, 6) is -0.152. The van der Waals surface area contributed by atoms with E-state index in [-0.39, 0.29) is 11.2 Å². The number of esters is 1. The molecular weight excluding hydrogens is 306 g/mol. The molecule has 0 bridgehead atoms. The molecule has 110 valence electrons. The zero-order chi connectivity index (χ0) is 14.7. The van der Waals surface area contributed by atoms with Crippen molar-refractivity contribution in [2.75, 3.05) is 11.9 Å². The first kappa shape index (κ1) is 14.3. The van der Waals surface area contributed by atoms with Crippen molar-refractivity contribution in [2.24, 2.45) is 0 Å². The Hall–Kier alpha value is -1.60. The number of nitrogens with one attached hydrogen (secondary N) is 1. The van der Waals surface area contributed by atoms with Crippen molar-refractivity contribution in [1.29, 1.82) is 0 Å². The van der Waals surface area contributed by atoms with E-state index in [2.05, 4.69) is 28.5 Å². The number of thioether (sulfide) groups is 1. The molecule has 1 saturated heterocycles. The van der Waals surface area contributed by atoms with Gasteiger partial charge in [0.05, 0.1) is 6.61 Å². The fraction of sp³-hybridized carbons (Fsp3) is 0.357. The molecule has 1 atom stereocenters. The summed E-state index contributed by atoms with van der Waals surface area (Å²) in [5, 5.41) is 12.2. The number of carbonyl (C=O) groups is 1. The normalized spacial score (nSPS) is 17.8. The summed E-state index contributed by atoms with van der Waals surface area (Å²) in [5.41, 5.74) is 2.29. The van der Waals surface area contributed by atoms with Crippen molar-refractivity contribution in [3.05, 3.63) is 29.8 Å². The molecule has 1 aliphatic heterocycles. The van der Waals surface area contributed by atoms with Crippen LogP contribution in [0.3, 0.4) is 0 Å². The Morgan fingerprint density at radius 3 is 3.05 bits per heavy atom. The van der Waals surface area contributed by atoms with Crippen LogP contribution in [0, 0.1) is 0 Å². The van der Waals surface area contributed by atoms with Crippen molar-refractivity contribution in [1.82, 2.24) is 10.2 Å². The number of ether oxygens (including phenoxy) is 1.